The Bertz CT molecular complexity index is 885. The van der Waals surface area contributed by atoms with Gasteiger partial charge in [-0.15, -0.1) is 0 Å². The summed E-state index contributed by atoms with van der Waals surface area (Å²) in [5.74, 6) is 1.10. The summed E-state index contributed by atoms with van der Waals surface area (Å²) in [6.07, 6.45) is 15.7. The molecule has 0 aliphatic heterocycles. The highest BCUT2D eigenvalue weighted by atomic mass is 15.2. The number of benzene rings is 1. The molecule has 2 aliphatic rings. The predicted molar refractivity (Wildman–Crippen MR) is 126 cm³/mol. The van der Waals surface area contributed by atoms with Crippen LogP contribution in [0.15, 0.2) is 42.5 Å². The zero-order valence-corrected chi connectivity index (χ0v) is 18.8. The summed E-state index contributed by atoms with van der Waals surface area (Å²) in [6, 6.07) is 10.3. The maximum Gasteiger partial charge on any atom is 0.121 e. The SMILES string of the molecule is C=C/C(=C/c1[nH]c(CN(C2CCCCC2)C2CCCc3ccccc32)nc1C)CC. The lowest BCUT2D eigenvalue weighted by molar-refractivity contribution is 0.0818. The fourth-order valence-electron chi connectivity index (χ4n) is 5.39. The number of aromatic nitrogens is 2. The molecule has 3 nitrogen and oxygen atoms in total. The predicted octanol–water partition coefficient (Wildman–Crippen LogP) is 6.91. The molecule has 0 radical (unpaired) electrons. The maximum absolute atomic E-state index is 4.94. The number of aryl methyl sites for hydroxylation is 2. The van der Waals surface area contributed by atoms with Crippen LogP contribution in [0.25, 0.3) is 6.08 Å². The molecule has 160 valence electrons. The highest BCUT2D eigenvalue weighted by molar-refractivity contribution is 5.54. The lowest BCUT2D eigenvalue weighted by Gasteiger charge is -2.42. The molecule has 1 atom stereocenters. The van der Waals surface area contributed by atoms with Gasteiger partial charge in [0.25, 0.3) is 0 Å². The van der Waals surface area contributed by atoms with Crippen LogP contribution in [0.4, 0.5) is 0 Å². The number of H-pyrrole nitrogens is 1. The fraction of sp³-hybridized carbons (Fsp3) is 0.519. The van der Waals surface area contributed by atoms with Gasteiger partial charge in [-0.05, 0) is 68.2 Å². The zero-order valence-electron chi connectivity index (χ0n) is 18.8. The molecule has 2 aliphatic carbocycles. The van der Waals surface area contributed by atoms with Crippen molar-refractivity contribution >= 4 is 6.08 Å². The molecule has 3 heteroatoms. The first-order chi connectivity index (χ1) is 14.7. The third-order valence-corrected chi connectivity index (χ3v) is 7.09. The van der Waals surface area contributed by atoms with Crippen LogP contribution >= 0.6 is 0 Å². The number of imidazole rings is 1. The molecule has 0 spiro atoms. The van der Waals surface area contributed by atoms with Gasteiger partial charge in [-0.25, -0.2) is 4.98 Å². The largest absolute Gasteiger partial charge is 0.341 e. The third-order valence-electron chi connectivity index (χ3n) is 7.09. The van der Waals surface area contributed by atoms with Gasteiger partial charge in [-0.3, -0.25) is 4.90 Å². The fourth-order valence-corrected chi connectivity index (χ4v) is 5.39. The van der Waals surface area contributed by atoms with Crippen LogP contribution in [0, 0.1) is 6.92 Å². The van der Waals surface area contributed by atoms with Crippen LogP contribution in [-0.4, -0.2) is 20.9 Å². The van der Waals surface area contributed by atoms with E-state index in [1.54, 1.807) is 11.1 Å². The number of aromatic amines is 1. The van der Waals surface area contributed by atoms with Gasteiger partial charge in [0, 0.05) is 12.1 Å². The summed E-state index contributed by atoms with van der Waals surface area (Å²) >= 11 is 0. The second-order valence-corrected chi connectivity index (χ2v) is 9.03. The molecule has 0 saturated heterocycles. The van der Waals surface area contributed by atoms with Crippen molar-refractivity contribution in [3.8, 4) is 0 Å². The number of nitrogens with one attached hydrogen (secondary N) is 1. The van der Waals surface area contributed by atoms with Gasteiger partial charge < -0.3 is 4.98 Å². The van der Waals surface area contributed by atoms with Crippen LogP contribution in [0.2, 0.25) is 0 Å². The van der Waals surface area contributed by atoms with E-state index in [2.05, 4.69) is 60.7 Å². The van der Waals surface area contributed by atoms with E-state index in [4.69, 9.17) is 4.98 Å². The van der Waals surface area contributed by atoms with E-state index in [0.29, 0.717) is 12.1 Å². The molecule has 4 rings (SSSR count). The maximum atomic E-state index is 4.94. The first-order valence-electron chi connectivity index (χ1n) is 11.9. The van der Waals surface area contributed by atoms with E-state index < -0.39 is 0 Å². The van der Waals surface area contributed by atoms with E-state index in [1.165, 1.54) is 56.9 Å². The first-order valence-corrected chi connectivity index (χ1v) is 11.9. The summed E-state index contributed by atoms with van der Waals surface area (Å²) in [6.45, 7) is 9.14. The van der Waals surface area contributed by atoms with Crippen LogP contribution in [0.3, 0.4) is 0 Å². The Morgan fingerprint density at radius 1 is 1.17 bits per heavy atom. The Morgan fingerprint density at radius 3 is 2.73 bits per heavy atom. The number of fused-ring (bicyclic) bond motifs is 1. The van der Waals surface area contributed by atoms with Gasteiger partial charge in [-0.2, -0.15) is 0 Å². The Hall–Kier alpha value is -2.13. The van der Waals surface area contributed by atoms with Gasteiger partial charge in [0.05, 0.1) is 17.9 Å². The lowest BCUT2D eigenvalue weighted by atomic mass is 9.84. The van der Waals surface area contributed by atoms with Crippen molar-refractivity contribution in [3.63, 3.8) is 0 Å². The minimum Gasteiger partial charge on any atom is -0.341 e. The molecule has 0 bridgehead atoms. The highest BCUT2D eigenvalue weighted by Gasteiger charge is 2.32. The average Bonchev–Trinajstić information content (AvgIpc) is 3.14. The van der Waals surface area contributed by atoms with Crippen molar-refractivity contribution in [1.29, 1.82) is 0 Å². The van der Waals surface area contributed by atoms with Crippen LogP contribution in [0.1, 0.15) is 92.7 Å². The second kappa shape index (κ2) is 9.78. The monoisotopic (exact) mass is 403 g/mol. The molecule has 1 fully saturated rings. The van der Waals surface area contributed by atoms with E-state index in [0.717, 1.165) is 30.2 Å². The van der Waals surface area contributed by atoms with E-state index in [9.17, 15) is 0 Å². The Morgan fingerprint density at radius 2 is 1.97 bits per heavy atom. The van der Waals surface area contributed by atoms with E-state index in [-0.39, 0.29) is 0 Å². The molecular weight excluding hydrogens is 366 g/mol. The number of hydrogen-bond donors (Lipinski definition) is 1. The van der Waals surface area contributed by atoms with Gasteiger partial charge in [0.1, 0.15) is 5.82 Å². The summed E-state index contributed by atoms with van der Waals surface area (Å²) < 4.78 is 0. The third kappa shape index (κ3) is 4.62. The van der Waals surface area contributed by atoms with Crippen molar-refractivity contribution in [1.82, 2.24) is 14.9 Å². The quantitative estimate of drug-likeness (QED) is 0.509. The molecule has 1 aromatic heterocycles. The molecule has 1 unspecified atom stereocenters. The minimum absolute atomic E-state index is 0.516. The van der Waals surface area contributed by atoms with Gasteiger partial charge in [0.15, 0.2) is 0 Å². The van der Waals surface area contributed by atoms with Crippen LogP contribution in [-0.2, 0) is 13.0 Å². The summed E-state index contributed by atoms with van der Waals surface area (Å²) in [5, 5.41) is 0. The number of hydrogen-bond acceptors (Lipinski definition) is 2. The van der Waals surface area contributed by atoms with Gasteiger partial charge >= 0.3 is 0 Å². The topological polar surface area (TPSA) is 31.9 Å². The zero-order chi connectivity index (χ0) is 20.9. The molecule has 1 N–H and O–H groups in total. The molecular formula is C27H37N3. The number of nitrogens with zero attached hydrogens (tertiary/aromatic N) is 2. The smallest absolute Gasteiger partial charge is 0.121 e. The summed E-state index contributed by atoms with van der Waals surface area (Å²) in [7, 11) is 0. The van der Waals surface area contributed by atoms with Crippen molar-refractivity contribution in [2.45, 2.75) is 90.3 Å². The Balaban J connectivity index is 1.64. The summed E-state index contributed by atoms with van der Waals surface area (Å²) in [5.41, 5.74) is 6.57. The highest BCUT2D eigenvalue weighted by Crippen LogP contribution is 2.39. The Labute approximate surface area is 182 Å². The van der Waals surface area contributed by atoms with E-state index in [1.807, 2.05) is 6.08 Å². The first kappa shape index (κ1) is 21.1. The number of allylic oxidation sites excluding steroid dienone is 2. The average molecular weight is 404 g/mol. The molecule has 1 aromatic carbocycles. The second-order valence-electron chi connectivity index (χ2n) is 9.03. The van der Waals surface area contributed by atoms with Gasteiger partial charge in [-0.1, -0.05) is 63.1 Å². The van der Waals surface area contributed by atoms with Crippen molar-refractivity contribution in [2.24, 2.45) is 0 Å². The molecule has 2 aromatic rings. The van der Waals surface area contributed by atoms with Crippen molar-refractivity contribution in [2.75, 3.05) is 0 Å². The lowest BCUT2D eigenvalue weighted by Crippen LogP contribution is -2.40. The standard InChI is InChI=1S/C27H37N3/c1-4-21(5-2)18-25-20(3)28-27(29-25)19-30(23-14-7-6-8-15-23)26-17-11-13-22-12-9-10-16-24(22)26/h4,9-10,12,16,18,23,26H,1,5-8,11,13-15,17,19H2,2-3H3,(H,28,29)/b21-18-. The minimum atomic E-state index is 0.516. The Kier molecular flexibility index (Phi) is 6.89. The molecule has 0 amide bonds. The van der Waals surface area contributed by atoms with Crippen molar-refractivity contribution in [3.05, 3.63) is 70.8 Å². The molecule has 1 saturated carbocycles. The normalized spacial score (nSPS) is 20.4. The van der Waals surface area contributed by atoms with Crippen molar-refractivity contribution < 1.29 is 0 Å². The van der Waals surface area contributed by atoms with Crippen LogP contribution < -0.4 is 0 Å². The number of rotatable bonds is 7. The summed E-state index contributed by atoms with van der Waals surface area (Å²) in [4.78, 5) is 11.4. The van der Waals surface area contributed by atoms with Gasteiger partial charge in [0.2, 0.25) is 0 Å². The van der Waals surface area contributed by atoms with Crippen LogP contribution in [0.5, 0.6) is 0 Å². The molecule has 30 heavy (non-hydrogen) atoms. The molecule has 1 heterocycles. The van der Waals surface area contributed by atoms with E-state index >= 15 is 0 Å².